The van der Waals surface area contributed by atoms with Gasteiger partial charge in [-0.25, -0.2) is 4.79 Å². The number of esters is 1. The lowest BCUT2D eigenvalue weighted by Gasteiger charge is -2.22. The first-order valence-electron chi connectivity index (χ1n) is 7.35. The Labute approximate surface area is 129 Å². The second-order valence-corrected chi connectivity index (χ2v) is 5.22. The summed E-state index contributed by atoms with van der Waals surface area (Å²) in [5, 5.41) is 2.73. The van der Waals surface area contributed by atoms with Crippen LogP contribution in [-0.2, 0) is 9.53 Å². The van der Waals surface area contributed by atoms with Crippen molar-refractivity contribution in [1.29, 1.82) is 0 Å². The summed E-state index contributed by atoms with van der Waals surface area (Å²) in [7, 11) is 1.31. The van der Waals surface area contributed by atoms with Gasteiger partial charge in [-0.3, -0.25) is 4.79 Å². The molecule has 0 spiro atoms. The first-order valence-corrected chi connectivity index (χ1v) is 7.35. The van der Waals surface area contributed by atoms with E-state index in [1.165, 1.54) is 7.11 Å². The molecule has 1 aromatic rings. The topological polar surface area (TPSA) is 73.9 Å². The average molecular weight is 307 g/mol. The summed E-state index contributed by atoms with van der Waals surface area (Å²) in [6, 6.07) is 4.29. The molecule has 0 bridgehead atoms. The fraction of sp³-hybridized carbons (Fsp3) is 0.500. The molecule has 1 aliphatic heterocycles. The fourth-order valence-corrected chi connectivity index (χ4v) is 2.21. The average Bonchev–Trinajstić information content (AvgIpc) is 2.57. The molecule has 1 N–H and O–H groups in total. The summed E-state index contributed by atoms with van der Waals surface area (Å²) < 4.78 is 15.6. The van der Waals surface area contributed by atoms with Crippen LogP contribution in [0.5, 0.6) is 11.5 Å². The Bertz CT molecular complexity index is 557. The van der Waals surface area contributed by atoms with Gasteiger partial charge in [-0.1, -0.05) is 20.3 Å². The first-order chi connectivity index (χ1) is 10.6. The third kappa shape index (κ3) is 3.50. The van der Waals surface area contributed by atoms with E-state index in [0.717, 1.165) is 6.42 Å². The molecule has 0 saturated heterocycles. The molecular weight excluding hydrogens is 286 g/mol. The van der Waals surface area contributed by atoms with Crippen LogP contribution in [0.3, 0.4) is 0 Å². The summed E-state index contributed by atoms with van der Waals surface area (Å²) >= 11 is 0. The SMILES string of the molecule is CC[C@@H](C)[C@@H](NC(=O)c1ccc2c(c1)OCCO2)C(=O)OC. The number of fused-ring (bicyclic) bond motifs is 1. The lowest BCUT2D eigenvalue weighted by Crippen LogP contribution is -2.45. The van der Waals surface area contributed by atoms with E-state index in [4.69, 9.17) is 14.2 Å². The van der Waals surface area contributed by atoms with Crippen molar-refractivity contribution in [3.05, 3.63) is 23.8 Å². The summed E-state index contributed by atoms with van der Waals surface area (Å²) in [6.07, 6.45) is 0.751. The predicted octanol–water partition coefficient (Wildman–Crippen LogP) is 1.78. The van der Waals surface area contributed by atoms with Gasteiger partial charge in [0.15, 0.2) is 11.5 Å². The lowest BCUT2D eigenvalue weighted by atomic mass is 9.99. The smallest absolute Gasteiger partial charge is 0.328 e. The molecule has 1 heterocycles. The van der Waals surface area contributed by atoms with E-state index >= 15 is 0 Å². The highest BCUT2D eigenvalue weighted by molar-refractivity contribution is 5.97. The van der Waals surface area contributed by atoms with Gasteiger partial charge >= 0.3 is 5.97 Å². The normalized spacial score (nSPS) is 15.6. The van der Waals surface area contributed by atoms with Crippen molar-refractivity contribution in [1.82, 2.24) is 5.32 Å². The molecular formula is C16H21NO5. The molecule has 1 aromatic carbocycles. The Balaban J connectivity index is 2.14. The van der Waals surface area contributed by atoms with Gasteiger partial charge in [-0.05, 0) is 24.1 Å². The van der Waals surface area contributed by atoms with Crippen molar-refractivity contribution in [2.75, 3.05) is 20.3 Å². The van der Waals surface area contributed by atoms with Crippen LogP contribution in [0, 0.1) is 5.92 Å². The highest BCUT2D eigenvalue weighted by Crippen LogP contribution is 2.30. The van der Waals surface area contributed by atoms with E-state index in [-0.39, 0.29) is 11.8 Å². The van der Waals surface area contributed by atoms with Gasteiger partial charge in [-0.2, -0.15) is 0 Å². The molecule has 0 radical (unpaired) electrons. The van der Waals surface area contributed by atoms with Crippen LogP contribution in [0.25, 0.3) is 0 Å². The van der Waals surface area contributed by atoms with Crippen molar-refractivity contribution >= 4 is 11.9 Å². The number of ether oxygens (including phenoxy) is 3. The summed E-state index contributed by atoms with van der Waals surface area (Å²) in [5.41, 5.74) is 0.418. The number of hydrogen-bond acceptors (Lipinski definition) is 5. The Kier molecular flexibility index (Phi) is 5.25. The molecule has 6 nitrogen and oxygen atoms in total. The van der Waals surface area contributed by atoms with E-state index in [1.54, 1.807) is 18.2 Å². The zero-order valence-corrected chi connectivity index (χ0v) is 13.0. The Morgan fingerprint density at radius 1 is 1.27 bits per heavy atom. The highest BCUT2D eigenvalue weighted by Gasteiger charge is 2.27. The molecule has 0 saturated carbocycles. The summed E-state index contributed by atoms with van der Waals surface area (Å²) in [6.45, 7) is 4.80. The van der Waals surface area contributed by atoms with Gasteiger partial charge in [0.1, 0.15) is 19.3 Å². The fourth-order valence-electron chi connectivity index (χ4n) is 2.21. The molecule has 0 aromatic heterocycles. The van der Waals surface area contributed by atoms with E-state index in [0.29, 0.717) is 30.3 Å². The highest BCUT2D eigenvalue weighted by atomic mass is 16.6. The molecule has 0 unspecified atom stereocenters. The van der Waals surface area contributed by atoms with E-state index in [2.05, 4.69) is 5.32 Å². The second kappa shape index (κ2) is 7.15. The number of amides is 1. The molecule has 1 amide bonds. The molecule has 120 valence electrons. The number of carbonyl (C=O) groups excluding carboxylic acids is 2. The number of nitrogens with one attached hydrogen (secondary N) is 1. The largest absolute Gasteiger partial charge is 0.486 e. The zero-order chi connectivity index (χ0) is 16.1. The van der Waals surface area contributed by atoms with Gasteiger partial charge < -0.3 is 19.5 Å². The number of methoxy groups -OCH3 is 1. The van der Waals surface area contributed by atoms with E-state index in [9.17, 15) is 9.59 Å². The zero-order valence-electron chi connectivity index (χ0n) is 13.0. The van der Waals surface area contributed by atoms with Crippen LogP contribution in [0.15, 0.2) is 18.2 Å². The van der Waals surface area contributed by atoms with Gasteiger partial charge in [0.2, 0.25) is 0 Å². The quantitative estimate of drug-likeness (QED) is 0.839. The molecule has 22 heavy (non-hydrogen) atoms. The number of rotatable bonds is 5. The minimum Gasteiger partial charge on any atom is -0.486 e. The lowest BCUT2D eigenvalue weighted by molar-refractivity contribution is -0.144. The minimum absolute atomic E-state index is 0.0198. The molecule has 2 rings (SSSR count). The molecule has 0 fully saturated rings. The van der Waals surface area contributed by atoms with Crippen LogP contribution < -0.4 is 14.8 Å². The van der Waals surface area contributed by atoms with Gasteiger partial charge in [0.05, 0.1) is 7.11 Å². The Morgan fingerprint density at radius 3 is 2.59 bits per heavy atom. The predicted molar refractivity (Wildman–Crippen MR) is 80.2 cm³/mol. The molecule has 1 aliphatic rings. The number of benzene rings is 1. The first kappa shape index (κ1) is 16.1. The van der Waals surface area contributed by atoms with Crippen molar-refractivity contribution in [3.8, 4) is 11.5 Å². The Hall–Kier alpha value is -2.24. The maximum atomic E-state index is 12.4. The second-order valence-electron chi connectivity index (χ2n) is 5.22. The summed E-state index contributed by atoms with van der Waals surface area (Å²) in [5.74, 6) is 0.354. The third-order valence-electron chi connectivity index (χ3n) is 3.76. The van der Waals surface area contributed by atoms with Crippen LogP contribution >= 0.6 is 0 Å². The number of carbonyl (C=O) groups is 2. The third-order valence-corrected chi connectivity index (χ3v) is 3.76. The van der Waals surface area contributed by atoms with Gasteiger partial charge in [-0.15, -0.1) is 0 Å². The van der Waals surface area contributed by atoms with E-state index < -0.39 is 12.0 Å². The van der Waals surface area contributed by atoms with Crippen LogP contribution in [-0.4, -0.2) is 38.2 Å². The van der Waals surface area contributed by atoms with Gasteiger partial charge in [0, 0.05) is 5.56 Å². The van der Waals surface area contributed by atoms with Crippen molar-refractivity contribution in [3.63, 3.8) is 0 Å². The van der Waals surface area contributed by atoms with Crippen molar-refractivity contribution in [2.45, 2.75) is 26.3 Å². The van der Waals surface area contributed by atoms with Crippen molar-refractivity contribution < 1.29 is 23.8 Å². The maximum absolute atomic E-state index is 12.4. The molecule has 2 atom stereocenters. The monoisotopic (exact) mass is 307 g/mol. The Morgan fingerprint density at radius 2 is 1.95 bits per heavy atom. The van der Waals surface area contributed by atoms with E-state index in [1.807, 2.05) is 13.8 Å². The van der Waals surface area contributed by atoms with Crippen LogP contribution in [0.4, 0.5) is 0 Å². The molecule has 6 heteroatoms. The minimum atomic E-state index is -0.671. The van der Waals surface area contributed by atoms with Crippen LogP contribution in [0.2, 0.25) is 0 Å². The summed E-state index contributed by atoms with van der Waals surface area (Å²) in [4.78, 5) is 24.2. The number of hydrogen-bond donors (Lipinski definition) is 1. The maximum Gasteiger partial charge on any atom is 0.328 e. The van der Waals surface area contributed by atoms with Gasteiger partial charge in [0.25, 0.3) is 5.91 Å². The molecule has 0 aliphatic carbocycles. The standard InChI is InChI=1S/C16H21NO5/c1-4-10(2)14(16(19)20-3)17-15(18)11-5-6-12-13(9-11)22-8-7-21-12/h5-6,9-10,14H,4,7-8H2,1-3H3,(H,17,18)/t10-,14-/m1/s1. The van der Waals surface area contributed by atoms with Crippen molar-refractivity contribution in [2.24, 2.45) is 5.92 Å². The van der Waals surface area contributed by atoms with Crippen LogP contribution in [0.1, 0.15) is 30.6 Å².